The molecule has 0 fully saturated rings. The smallest absolute Gasteiger partial charge is 0.408 e. The summed E-state index contributed by atoms with van der Waals surface area (Å²) in [6.07, 6.45) is -0.394. The van der Waals surface area contributed by atoms with Gasteiger partial charge in [-0.15, -0.1) is 0 Å². The van der Waals surface area contributed by atoms with Crippen LogP contribution in [0, 0.1) is 13.8 Å². The summed E-state index contributed by atoms with van der Waals surface area (Å²) in [4.78, 5) is 56.4. The predicted molar refractivity (Wildman–Crippen MR) is 183 cm³/mol. The van der Waals surface area contributed by atoms with Crippen molar-refractivity contribution < 1.29 is 28.7 Å². The van der Waals surface area contributed by atoms with E-state index < -0.39 is 53.2 Å². The van der Waals surface area contributed by atoms with Crippen LogP contribution in [0.3, 0.4) is 0 Å². The number of carbonyl (C=O) groups is 4. The van der Waals surface area contributed by atoms with Crippen molar-refractivity contribution in [2.24, 2.45) is 0 Å². The second-order valence-corrected chi connectivity index (χ2v) is 13.9. The second kappa shape index (κ2) is 15.8. The van der Waals surface area contributed by atoms with Gasteiger partial charge in [-0.25, -0.2) is 9.59 Å². The third-order valence-corrected chi connectivity index (χ3v) is 7.27. The van der Waals surface area contributed by atoms with Crippen LogP contribution in [0.25, 0.3) is 0 Å². The van der Waals surface area contributed by atoms with Crippen molar-refractivity contribution in [1.29, 1.82) is 0 Å². The Morgan fingerprint density at radius 2 is 1.21 bits per heavy atom. The van der Waals surface area contributed by atoms with Crippen molar-refractivity contribution in [3.63, 3.8) is 0 Å². The van der Waals surface area contributed by atoms with Gasteiger partial charge in [0.2, 0.25) is 11.8 Å². The molecule has 0 aromatic heterocycles. The van der Waals surface area contributed by atoms with E-state index in [4.69, 9.17) is 9.47 Å². The molecule has 0 saturated carbocycles. The Morgan fingerprint density at radius 3 is 1.70 bits per heavy atom. The van der Waals surface area contributed by atoms with Crippen LogP contribution >= 0.6 is 0 Å². The van der Waals surface area contributed by atoms with Crippen molar-refractivity contribution >= 4 is 23.9 Å². The number of amides is 3. The Balaban J connectivity index is 2.03. The number of nitrogens with one attached hydrogen (secondary N) is 2. The highest BCUT2D eigenvalue weighted by Crippen LogP contribution is 2.26. The number of benzene rings is 3. The highest BCUT2D eigenvalue weighted by Gasteiger charge is 2.37. The zero-order chi connectivity index (χ0) is 34.9. The topological polar surface area (TPSA) is 114 Å². The molecule has 0 aliphatic rings. The predicted octanol–water partition coefficient (Wildman–Crippen LogP) is 6.01. The van der Waals surface area contributed by atoms with Crippen LogP contribution in [0.1, 0.15) is 75.4 Å². The van der Waals surface area contributed by atoms with E-state index in [0.717, 1.165) is 22.3 Å². The lowest BCUT2D eigenvalue weighted by atomic mass is 9.95. The molecule has 3 atom stereocenters. The molecule has 47 heavy (non-hydrogen) atoms. The van der Waals surface area contributed by atoms with Crippen molar-refractivity contribution in [3.05, 3.63) is 107 Å². The van der Waals surface area contributed by atoms with E-state index in [2.05, 4.69) is 10.6 Å². The first kappa shape index (κ1) is 36.8. The van der Waals surface area contributed by atoms with Crippen molar-refractivity contribution in [3.8, 4) is 0 Å². The summed E-state index contributed by atoms with van der Waals surface area (Å²) in [6.45, 7) is 14.3. The Kier molecular flexibility index (Phi) is 12.3. The molecule has 0 aliphatic carbocycles. The molecule has 0 bridgehead atoms. The molecule has 0 aliphatic heterocycles. The van der Waals surface area contributed by atoms with Gasteiger partial charge in [0.1, 0.15) is 29.3 Å². The van der Waals surface area contributed by atoms with Gasteiger partial charge in [0.15, 0.2) is 0 Å². The highest BCUT2D eigenvalue weighted by atomic mass is 16.6. The normalized spacial score (nSPS) is 13.5. The SMILES string of the molecule is Cc1ccc(C(C(=O)NC(Cc2ccccc2)C(=O)OC(C)(C)C)N(C)C(=O)C(Cc2ccccc2)NC(=O)OC(C)(C)C)c(C)c1. The Bertz CT molecular complexity index is 1530. The first-order valence-corrected chi connectivity index (χ1v) is 15.9. The number of carbonyl (C=O) groups excluding carboxylic acids is 4. The maximum absolute atomic E-state index is 14.4. The second-order valence-electron chi connectivity index (χ2n) is 13.9. The number of hydrogen-bond donors (Lipinski definition) is 2. The lowest BCUT2D eigenvalue weighted by Crippen LogP contribution is -2.54. The lowest BCUT2D eigenvalue weighted by Gasteiger charge is -2.33. The van der Waals surface area contributed by atoms with Crippen molar-refractivity contribution in [2.45, 2.75) is 97.6 Å². The molecule has 9 nitrogen and oxygen atoms in total. The van der Waals surface area contributed by atoms with Crippen molar-refractivity contribution in [2.75, 3.05) is 7.05 Å². The molecule has 3 amide bonds. The molecule has 0 radical (unpaired) electrons. The zero-order valence-electron chi connectivity index (χ0n) is 29.0. The summed E-state index contributed by atoms with van der Waals surface area (Å²) in [7, 11) is 1.53. The van der Waals surface area contributed by atoms with Crippen LogP contribution in [0.5, 0.6) is 0 Å². The summed E-state index contributed by atoms with van der Waals surface area (Å²) in [5.41, 5.74) is 2.45. The van der Waals surface area contributed by atoms with Crippen LogP contribution in [-0.4, -0.2) is 59.1 Å². The molecular formula is C38H49N3O6. The van der Waals surface area contributed by atoms with Crippen molar-refractivity contribution in [1.82, 2.24) is 15.5 Å². The van der Waals surface area contributed by atoms with Crippen LogP contribution in [0.15, 0.2) is 78.9 Å². The molecule has 9 heteroatoms. The van der Waals surface area contributed by atoms with E-state index in [-0.39, 0.29) is 12.8 Å². The molecule has 0 saturated heterocycles. The van der Waals surface area contributed by atoms with Crippen LogP contribution < -0.4 is 10.6 Å². The highest BCUT2D eigenvalue weighted by molar-refractivity contribution is 5.94. The molecule has 3 aromatic carbocycles. The summed E-state index contributed by atoms with van der Waals surface area (Å²) in [6, 6.07) is 21.0. The van der Waals surface area contributed by atoms with E-state index in [1.807, 2.05) is 92.7 Å². The summed E-state index contributed by atoms with van der Waals surface area (Å²) < 4.78 is 11.2. The number of esters is 1. The van der Waals surface area contributed by atoms with Gasteiger partial charge < -0.3 is 25.0 Å². The fourth-order valence-electron chi connectivity index (χ4n) is 5.20. The van der Waals surface area contributed by atoms with Gasteiger partial charge in [0, 0.05) is 19.9 Å². The molecule has 0 spiro atoms. The van der Waals surface area contributed by atoms with Crippen LogP contribution in [-0.2, 0) is 36.7 Å². The van der Waals surface area contributed by atoms with Crippen LogP contribution in [0.4, 0.5) is 4.79 Å². The molecule has 2 N–H and O–H groups in total. The number of alkyl carbamates (subject to hydrolysis) is 1. The largest absolute Gasteiger partial charge is 0.458 e. The number of likely N-dealkylation sites (N-methyl/N-ethyl adjacent to an activating group) is 1. The molecule has 3 aromatic rings. The standard InChI is InChI=1S/C38H49N3O6/c1-25-20-21-29(26(2)22-25)32(33(42)39-31(35(44)46-37(3,4)5)24-28-18-14-11-15-19-28)41(9)34(43)30(23-27-16-12-10-13-17-27)40-36(45)47-38(6,7)8/h10-22,30-32H,23-24H2,1-9H3,(H,39,42)(H,40,45). The summed E-state index contributed by atoms with van der Waals surface area (Å²) in [5, 5.41) is 5.64. The molecule has 0 heterocycles. The number of ether oxygens (including phenoxy) is 2. The Hall–Kier alpha value is -4.66. The van der Waals surface area contributed by atoms with Gasteiger partial charge in [0.05, 0.1) is 0 Å². The summed E-state index contributed by atoms with van der Waals surface area (Å²) in [5.74, 6) is -1.65. The van der Waals surface area contributed by atoms with Gasteiger partial charge >= 0.3 is 12.1 Å². The Labute approximate surface area is 279 Å². The first-order valence-electron chi connectivity index (χ1n) is 15.9. The van der Waals surface area contributed by atoms with Gasteiger partial charge in [-0.2, -0.15) is 0 Å². The summed E-state index contributed by atoms with van der Waals surface area (Å²) >= 11 is 0. The maximum atomic E-state index is 14.4. The third-order valence-electron chi connectivity index (χ3n) is 7.27. The molecule has 252 valence electrons. The first-order chi connectivity index (χ1) is 21.9. The monoisotopic (exact) mass is 643 g/mol. The van der Waals surface area contributed by atoms with E-state index >= 15 is 0 Å². The Morgan fingerprint density at radius 1 is 0.702 bits per heavy atom. The molecule has 3 unspecified atom stereocenters. The molecule has 3 rings (SSSR count). The third kappa shape index (κ3) is 11.6. The van der Waals surface area contributed by atoms with Gasteiger partial charge in [-0.3, -0.25) is 9.59 Å². The van der Waals surface area contributed by atoms with E-state index in [1.165, 1.54) is 11.9 Å². The zero-order valence-corrected chi connectivity index (χ0v) is 29.0. The van der Waals surface area contributed by atoms with Gasteiger partial charge in [0.25, 0.3) is 0 Å². The maximum Gasteiger partial charge on any atom is 0.408 e. The minimum atomic E-state index is -1.14. The van der Waals surface area contributed by atoms with Crippen LogP contribution in [0.2, 0.25) is 0 Å². The molecular weight excluding hydrogens is 594 g/mol. The average Bonchev–Trinajstić information content (AvgIpc) is 2.96. The number of aryl methyl sites for hydroxylation is 2. The number of nitrogens with zero attached hydrogens (tertiary/aromatic N) is 1. The minimum absolute atomic E-state index is 0.166. The van der Waals surface area contributed by atoms with E-state index in [9.17, 15) is 19.2 Å². The van der Waals surface area contributed by atoms with E-state index in [1.54, 1.807) is 41.5 Å². The average molecular weight is 644 g/mol. The van der Waals surface area contributed by atoms with Gasteiger partial charge in [-0.1, -0.05) is 84.4 Å². The van der Waals surface area contributed by atoms with Gasteiger partial charge in [-0.05, 0) is 77.6 Å². The minimum Gasteiger partial charge on any atom is -0.458 e. The van der Waals surface area contributed by atoms with E-state index in [0.29, 0.717) is 5.56 Å². The quantitative estimate of drug-likeness (QED) is 0.248. The number of rotatable bonds is 11. The number of hydrogen-bond acceptors (Lipinski definition) is 6. The fraction of sp³-hybridized carbons (Fsp3) is 0.421. The fourth-order valence-corrected chi connectivity index (χ4v) is 5.20. The lowest BCUT2D eigenvalue weighted by molar-refractivity contribution is -0.159.